The Morgan fingerprint density at radius 1 is 1.21 bits per heavy atom. The average Bonchev–Trinajstić information content (AvgIpc) is 2.53. The molecule has 0 aromatic carbocycles. The van der Waals surface area contributed by atoms with E-state index in [2.05, 4.69) is 20.6 Å². The smallest absolute Gasteiger partial charge is 0.267 e. The number of rotatable bonds is 4. The van der Waals surface area contributed by atoms with Gasteiger partial charge in [-0.1, -0.05) is 6.92 Å². The van der Waals surface area contributed by atoms with E-state index in [4.69, 9.17) is 5.73 Å². The molecular formula is C16H27N5O7. The number of carbonyl (C=O) groups is 1. The van der Waals surface area contributed by atoms with Crippen LogP contribution in [0.2, 0.25) is 0 Å². The summed E-state index contributed by atoms with van der Waals surface area (Å²) in [5.41, 5.74) is 3.25. The van der Waals surface area contributed by atoms with Crippen LogP contribution in [0.3, 0.4) is 0 Å². The van der Waals surface area contributed by atoms with Gasteiger partial charge in [-0.15, -0.1) is 0 Å². The van der Waals surface area contributed by atoms with Crippen LogP contribution in [0.4, 0.5) is 11.8 Å². The lowest BCUT2D eigenvalue weighted by Gasteiger charge is -2.47. The fraction of sp³-hybridized carbons (Fsp3) is 0.688. The van der Waals surface area contributed by atoms with Gasteiger partial charge in [-0.05, 0) is 20.8 Å². The number of hydrogen-bond acceptors (Lipinski definition) is 10. The maximum Gasteiger partial charge on any atom is 0.267 e. The number of carbonyl (C=O) groups excluding carboxylic acids is 1. The molecule has 12 heteroatoms. The Hall–Kier alpha value is -2.25. The van der Waals surface area contributed by atoms with E-state index < -0.39 is 64.4 Å². The van der Waals surface area contributed by atoms with Crippen LogP contribution in [-0.4, -0.2) is 77.1 Å². The van der Waals surface area contributed by atoms with Gasteiger partial charge in [0.1, 0.15) is 23.6 Å². The summed E-state index contributed by atoms with van der Waals surface area (Å²) in [4.78, 5) is 30.4. The molecular weight excluding hydrogens is 374 g/mol. The van der Waals surface area contributed by atoms with Crippen molar-refractivity contribution in [3.05, 3.63) is 15.9 Å². The molecule has 12 nitrogen and oxygen atoms in total. The van der Waals surface area contributed by atoms with Gasteiger partial charge in [0, 0.05) is 11.5 Å². The van der Waals surface area contributed by atoms with E-state index in [-0.39, 0.29) is 5.95 Å². The summed E-state index contributed by atoms with van der Waals surface area (Å²) in [6.07, 6.45) is -5.28. The standard InChI is InChI=1S/C16H27N5O7/c1-5-8(22)9(23)7(10(24)16(5,27)28)18-12-6(11(17)25)13(26)20-14(19-12)21-15(2,3)4/h5,7-10,22-24,27-28H,1-4H3,(H2,17,25)(H3,18,19,20,21,26). The summed E-state index contributed by atoms with van der Waals surface area (Å²) in [5, 5.41) is 56.2. The Morgan fingerprint density at radius 3 is 2.29 bits per heavy atom. The summed E-state index contributed by atoms with van der Waals surface area (Å²) < 4.78 is 0. The van der Waals surface area contributed by atoms with Crippen LogP contribution in [-0.2, 0) is 0 Å². The average molecular weight is 401 g/mol. The minimum absolute atomic E-state index is 0.0297. The molecule has 1 saturated carbocycles. The molecule has 0 radical (unpaired) electrons. The van der Waals surface area contributed by atoms with Crippen LogP contribution in [0.5, 0.6) is 0 Å². The van der Waals surface area contributed by atoms with E-state index >= 15 is 0 Å². The van der Waals surface area contributed by atoms with Crippen molar-refractivity contribution in [3.63, 3.8) is 0 Å². The van der Waals surface area contributed by atoms with Gasteiger partial charge in [0.2, 0.25) is 5.95 Å². The van der Waals surface area contributed by atoms with Gasteiger partial charge in [0.15, 0.2) is 5.79 Å². The molecule has 10 N–H and O–H groups in total. The Labute approximate surface area is 160 Å². The Kier molecular flexibility index (Phi) is 5.74. The monoisotopic (exact) mass is 401 g/mol. The minimum atomic E-state index is -2.75. The summed E-state index contributed by atoms with van der Waals surface area (Å²) in [6.45, 7) is 6.61. The third kappa shape index (κ3) is 4.10. The van der Waals surface area contributed by atoms with Crippen LogP contribution in [0.15, 0.2) is 4.79 Å². The van der Waals surface area contributed by atoms with Crippen molar-refractivity contribution in [2.45, 2.75) is 63.4 Å². The highest BCUT2D eigenvalue weighted by Gasteiger charge is 2.56. The molecule has 1 heterocycles. The zero-order valence-electron chi connectivity index (χ0n) is 16.0. The minimum Gasteiger partial charge on any atom is -0.390 e. The zero-order valence-corrected chi connectivity index (χ0v) is 16.0. The quantitative estimate of drug-likeness (QED) is 0.237. The third-order valence-electron chi connectivity index (χ3n) is 4.64. The lowest BCUT2D eigenvalue weighted by molar-refractivity contribution is -0.303. The van der Waals surface area contributed by atoms with Gasteiger partial charge >= 0.3 is 0 Å². The van der Waals surface area contributed by atoms with Crippen molar-refractivity contribution in [2.24, 2.45) is 11.7 Å². The Morgan fingerprint density at radius 2 is 1.79 bits per heavy atom. The number of aliphatic hydroxyl groups is 5. The highest BCUT2D eigenvalue weighted by molar-refractivity contribution is 5.97. The molecule has 1 amide bonds. The Balaban J connectivity index is 2.51. The second kappa shape index (κ2) is 7.29. The van der Waals surface area contributed by atoms with Crippen molar-refractivity contribution in [3.8, 4) is 0 Å². The van der Waals surface area contributed by atoms with Crippen molar-refractivity contribution < 1.29 is 30.3 Å². The number of primary amides is 1. The number of amides is 1. The van der Waals surface area contributed by atoms with Crippen molar-refractivity contribution in [1.29, 1.82) is 0 Å². The van der Waals surface area contributed by atoms with Crippen LogP contribution < -0.4 is 21.9 Å². The summed E-state index contributed by atoms with van der Waals surface area (Å²) in [5.74, 6) is -5.60. The molecule has 1 aromatic heterocycles. The first-order chi connectivity index (χ1) is 12.7. The fourth-order valence-corrected chi connectivity index (χ4v) is 3.02. The molecule has 0 bridgehead atoms. The number of hydrogen-bond donors (Lipinski definition) is 9. The van der Waals surface area contributed by atoms with E-state index in [9.17, 15) is 35.1 Å². The normalized spacial score (nSPS) is 30.0. The molecule has 5 atom stereocenters. The van der Waals surface area contributed by atoms with Gasteiger partial charge in [-0.25, -0.2) is 0 Å². The summed E-state index contributed by atoms with van der Waals surface area (Å²) in [7, 11) is 0. The maximum absolute atomic E-state index is 12.3. The first kappa shape index (κ1) is 22.0. The van der Waals surface area contributed by atoms with E-state index in [0.717, 1.165) is 0 Å². The SMILES string of the molecule is CC1C(O)C(O)C(Nc2nc(NC(C)(C)C)[nH]c(=O)c2C(N)=O)C(O)C1(O)O. The van der Waals surface area contributed by atoms with E-state index in [1.54, 1.807) is 20.8 Å². The number of nitrogens with two attached hydrogens (primary N) is 1. The summed E-state index contributed by atoms with van der Waals surface area (Å²) >= 11 is 0. The van der Waals surface area contributed by atoms with Crippen LogP contribution in [0.1, 0.15) is 38.1 Å². The van der Waals surface area contributed by atoms with Crippen molar-refractivity contribution in [2.75, 3.05) is 10.6 Å². The number of aliphatic hydroxyl groups excluding tert-OH is 3. The predicted molar refractivity (Wildman–Crippen MR) is 98.5 cm³/mol. The van der Waals surface area contributed by atoms with Gasteiger partial charge in [-0.2, -0.15) is 4.98 Å². The lowest BCUT2D eigenvalue weighted by atomic mass is 9.75. The molecule has 0 spiro atoms. The predicted octanol–water partition coefficient (Wildman–Crippen LogP) is -2.73. The number of anilines is 2. The molecule has 1 aromatic rings. The zero-order chi connectivity index (χ0) is 21.6. The second-order valence-electron chi connectivity index (χ2n) is 8.05. The maximum atomic E-state index is 12.3. The third-order valence-corrected chi connectivity index (χ3v) is 4.64. The first-order valence-electron chi connectivity index (χ1n) is 8.64. The fourth-order valence-electron chi connectivity index (χ4n) is 3.02. The van der Waals surface area contributed by atoms with E-state index in [0.29, 0.717) is 0 Å². The number of aromatic nitrogens is 2. The number of aromatic amines is 1. The second-order valence-corrected chi connectivity index (χ2v) is 8.05. The van der Waals surface area contributed by atoms with Crippen LogP contribution in [0.25, 0.3) is 0 Å². The van der Waals surface area contributed by atoms with Crippen LogP contribution >= 0.6 is 0 Å². The van der Waals surface area contributed by atoms with Crippen molar-refractivity contribution in [1.82, 2.24) is 9.97 Å². The largest absolute Gasteiger partial charge is 0.390 e. The molecule has 1 aliphatic rings. The molecule has 1 fully saturated rings. The van der Waals surface area contributed by atoms with Crippen LogP contribution in [0, 0.1) is 5.92 Å². The van der Waals surface area contributed by atoms with Gasteiger partial charge in [0.05, 0.1) is 12.1 Å². The molecule has 5 unspecified atom stereocenters. The first-order valence-corrected chi connectivity index (χ1v) is 8.64. The molecule has 2 rings (SSSR count). The van der Waals surface area contributed by atoms with E-state index in [1.807, 2.05) is 0 Å². The van der Waals surface area contributed by atoms with Crippen molar-refractivity contribution >= 4 is 17.7 Å². The van der Waals surface area contributed by atoms with E-state index in [1.165, 1.54) is 6.92 Å². The Bertz CT molecular complexity index is 804. The van der Waals surface area contributed by atoms with Gasteiger partial charge in [0.25, 0.3) is 11.5 Å². The highest BCUT2D eigenvalue weighted by Crippen LogP contribution is 2.34. The summed E-state index contributed by atoms with van der Waals surface area (Å²) in [6, 6.07) is -1.57. The lowest BCUT2D eigenvalue weighted by Crippen LogP contribution is -2.69. The molecule has 0 saturated heterocycles. The number of H-pyrrole nitrogens is 1. The van der Waals surface area contributed by atoms with Gasteiger partial charge < -0.3 is 41.9 Å². The van der Waals surface area contributed by atoms with Gasteiger partial charge in [-0.3, -0.25) is 14.6 Å². The topological polar surface area (TPSA) is 214 Å². The highest BCUT2D eigenvalue weighted by atomic mass is 16.5. The number of nitrogens with one attached hydrogen (secondary N) is 3. The molecule has 158 valence electrons. The molecule has 28 heavy (non-hydrogen) atoms. The number of nitrogens with zero attached hydrogens (tertiary/aromatic N) is 1. The molecule has 1 aliphatic carbocycles. The molecule has 0 aliphatic heterocycles.